The number of carbonyl (C=O) groups is 1. The van der Waals surface area contributed by atoms with E-state index >= 15 is 0 Å². The fourth-order valence-corrected chi connectivity index (χ4v) is 4.10. The summed E-state index contributed by atoms with van der Waals surface area (Å²) < 4.78 is 3.07. The number of aromatic nitrogens is 4. The highest BCUT2D eigenvalue weighted by Crippen LogP contribution is 2.27. The molecule has 6 nitrogen and oxygen atoms in total. The number of hydrogen-bond acceptors (Lipinski definition) is 5. The Morgan fingerprint density at radius 1 is 1.29 bits per heavy atom. The van der Waals surface area contributed by atoms with Gasteiger partial charge in [-0.15, -0.1) is 0 Å². The molecule has 0 aliphatic carbocycles. The van der Waals surface area contributed by atoms with Crippen LogP contribution in [-0.4, -0.2) is 25.7 Å². The lowest BCUT2D eigenvalue weighted by atomic mass is 10.2. The standard InChI is InChI=1S/C19H16ClN5OS2/c1-2-11-3-8-14-15(9-11)28-18(21-14)22-16(26)10-25-17(23-24-19(25)27)12-4-6-13(20)7-5-12/h3-9H,2,10H2,1H3,(H,24,27)(H,21,22,26). The van der Waals surface area contributed by atoms with Crippen molar-refractivity contribution in [1.82, 2.24) is 19.7 Å². The molecular formula is C19H16ClN5OS2. The smallest absolute Gasteiger partial charge is 0.246 e. The van der Waals surface area contributed by atoms with Crippen LogP contribution in [0, 0.1) is 4.77 Å². The second-order valence-corrected chi connectivity index (χ2v) is 8.02. The summed E-state index contributed by atoms with van der Waals surface area (Å²) in [4.78, 5) is 17.1. The molecule has 0 aliphatic rings. The van der Waals surface area contributed by atoms with E-state index in [9.17, 15) is 4.79 Å². The summed E-state index contributed by atoms with van der Waals surface area (Å²) in [5.74, 6) is 0.358. The molecule has 4 aromatic rings. The Labute approximate surface area is 175 Å². The summed E-state index contributed by atoms with van der Waals surface area (Å²) in [6.45, 7) is 2.14. The van der Waals surface area contributed by atoms with Crippen LogP contribution in [-0.2, 0) is 17.8 Å². The average molecular weight is 430 g/mol. The van der Waals surface area contributed by atoms with Gasteiger partial charge >= 0.3 is 0 Å². The van der Waals surface area contributed by atoms with Crippen molar-refractivity contribution < 1.29 is 4.79 Å². The third kappa shape index (κ3) is 3.84. The predicted molar refractivity (Wildman–Crippen MR) is 115 cm³/mol. The van der Waals surface area contributed by atoms with E-state index in [1.807, 2.05) is 18.2 Å². The number of benzene rings is 2. The van der Waals surface area contributed by atoms with E-state index in [2.05, 4.69) is 39.6 Å². The highest BCUT2D eigenvalue weighted by molar-refractivity contribution is 7.71. The molecule has 4 rings (SSSR count). The van der Waals surface area contributed by atoms with Crippen LogP contribution in [0.25, 0.3) is 21.6 Å². The molecule has 2 aromatic heterocycles. The number of amides is 1. The van der Waals surface area contributed by atoms with Crippen LogP contribution < -0.4 is 5.32 Å². The van der Waals surface area contributed by atoms with Gasteiger partial charge in [0.2, 0.25) is 5.91 Å². The molecule has 0 saturated heterocycles. The molecule has 0 bridgehead atoms. The lowest BCUT2D eigenvalue weighted by Crippen LogP contribution is -2.19. The number of rotatable bonds is 5. The SMILES string of the molecule is CCc1ccc2nc(NC(=O)Cn3c(-c4ccc(Cl)cc4)n[nH]c3=S)sc2c1. The first-order chi connectivity index (χ1) is 13.5. The van der Waals surface area contributed by atoms with E-state index in [1.165, 1.54) is 16.9 Å². The highest BCUT2D eigenvalue weighted by atomic mass is 35.5. The second-order valence-electron chi connectivity index (χ2n) is 6.17. The van der Waals surface area contributed by atoms with Gasteiger partial charge in [0.05, 0.1) is 10.2 Å². The van der Waals surface area contributed by atoms with E-state index in [1.54, 1.807) is 16.7 Å². The quantitative estimate of drug-likeness (QED) is 0.434. The van der Waals surface area contributed by atoms with Crippen molar-refractivity contribution in [3.05, 3.63) is 57.8 Å². The first-order valence-electron chi connectivity index (χ1n) is 8.64. The molecule has 2 N–H and O–H groups in total. The Bertz CT molecular complexity index is 1210. The molecule has 0 radical (unpaired) electrons. The van der Waals surface area contributed by atoms with Gasteiger partial charge in [-0.05, 0) is 60.6 Å². The van der Waals surface area contributed by atoms with Crippen LogP contribution in [0.5, 0.6) is 0 Å². The summed E-state index contributed by atoms with van der Waals surface area (Å²) in [6, 6.07) is 13.3. The number of aromatic amines is 1. The van der Waals surface area contributed by atoms with Crippen molar-refractivity contribution in [3.8, 4) is 11.4 Å². The second kappa shape index (κ2) is 7.83. The number of fused-ring (bicyclic) bond motifs is 1. The van der Waals surface area contributed by atoms with Crippen molar-refractivity contribution in [2.24, 2.45) is 0 Å². The Hall–Kier alpha value is -2.55. The van der Waals surface area contributed by atoms with E-state index in [0.717, 1.165) is 22.2 Å². The molecule has 0 spiro atoms. The van der Waals surface area contributed by atoms with Gasteiger partial charge in [-0.1, -0.05) is 35.9 Å². The number of anilines is 1. The maximum atomic E-state index is 12.6. The molecule has 0 saturated carbocycles. The third-order valence-corrected chi connectivity index (χ3v) is 5.77. The molecule has 142 valence electrons. The fraction of sp³-hybridized carbons (Fsp3) is 0.158. The topological polar surface area (TPSA) is 75.6 Å². The van der Waals surface area contributed by atoms with Crippen molar-refractivity contribution in [1.29, 1.82) is 0 Å². The van der Waals surface area contributed by atoms with E-state index < -0.39 is 0 Å². The summed E-state index contributed by atoms with van der Waals surface area (Å²) in [5.41, 5.74) is 2.93. The minimum Gasteiger partial charge on any atom is -0.300 e. The summed E-state index contributed by atoms with van der Waals surface area (Å²) in [7, 11) is 0. The first kappa shape index (κ1) is 18.8. The normalized spacial score (nSPS) is 11.1. The van der Waals surface area contributed by atoms with Gasteiger partial charge in [0.15, 0.2) is 15.7 Å². The van der Waals surface area contributed by atoms with Gasteiger partial charge in [-0.3, -0.25) is 14.5 Å². The number of nitrogens with zero attached hydrogens (tertiary/aromatic N) is 3. The van der Waals surface area contributed by atoms with Gasteiger partial charge in [-0.2, -0.15) is 5.10 Å². The number of H-pyrrole nitrogens is 1. The largest absolute Gasteiger partial charge is 0.300 e. The molecule has 28 heavy (non-hydrogen) atoms. The maximum absolute atomic E-state index is 12.6. The number of aryl methyl sites for hydroxylation is 1. The van der Waals surface area contributed by atoms with Gasteiger partial charge in [0, 0.05) is 10.6 Å². The lowest BCUT2D eigenvalue weighted by molar-refractivity contribution is -0.116. The zero-order valence-electron chi connectivity index (χ0n) is 14.9. The Morgan fingerprint density at radius 3 is 2.82 bits per heavy atom. The Balaban J connectivity index is 1.55. The first-order valence-corrected chi connectivity index (χ1v) is 10.2. The highest BCUT2D eigenvalue weighted by Gasteiger charge is 2.14. The number of thiazole rings is 1. The van der Waals surface area contributed by atoms with Crippen LogP contribution >= 0.6 is 35.2 Å². The van der Waals surface area contributed by atoms with Crippen molar-refractivity contribution >= 4 is 56.4 Å². The zero-order chi connectivity index (χ0) is 19.7. The van der Waals surface area contributed by atoms with Gasteiger partial charge in [-0.25, -0.2) is 4.98 Å². The number of halogens is 1. The zero-order valence-corrected chi connectivity index (χ0v) is 17.3. The fourth-order valence-electron chi connectivity index (χ4n) is 2.83. The molecule has 1 amide bonds. The van der Waals surface area contributed by atoms with E-state index in [-0.39, 0.29) is 12.5 Å². The number of nitrogens with one attached hydrogen (secondary N) is 2. The minimum atomic E-state index is -0.220. The molecule has 0 fully saturated rings. The molecular weight excluding hydrogens is 414 g/mol. The molecule has 2 aromatic carbocycles. The van der Waals surface area contributed by atoms with Crippen LogP contribution in [0.1, 0.15) is 12.5 Å². The average Bonchev–Trinajstić information content (AvgIpc) is 3.25. The number of hydrogen-bond donors (Lipinski definition) is 2. The predicted octanol–water partition coefficient (Wildman–Crippen LogP) is 5.07. The third-order valence-electron chi connectivity index (χ3n) is 4.27. The summed E-state index contributed by atoms with van der Waals surface area (Å²) >= 11 is 12.7. The molecule has 0 unspecified atom stereocenters. The van der Waals surface area contributed by atoms with Crippen LogP contribution in [0.2, 0.25) is 5.02 Å². The van der Waals surface area contributed by atoms with Crippen molar-refractivity contribution in [2.45, 2.75) is 19.9 Å². The van der Waals surface area contributed by atoms with Gasteiger partial charge < -0.3 is 5.32 Å². The molecule has 0 aliphatic heterocycles. The van der Waals surface area contributed by atoms with Crippen molar-refractivity contribution in [2.75, 3.05) is 5.32 Å². The number of carbonyl (C=O) groups excluding carboxylic acids is 1. The monoisotopic (exact) mass is 429 g/mol. The molecule has 0 atom stereocenters. The minimum absolute atomic E-state index is 0.0312. The molecule has 2 heterocycles. The lowest BCUT2D eigenvalue weighted by Gasteiger charge is -2.06. The van der Waals surface area contributed by atoms with Crippen LogP contribution in [0.3, 0.4) is 0 Å². The van der Waals surface area contributed by atoms with Crippen molar-refractivity contribution in [3.63, 3.8) is 0 Å². The Kier molecular flexibility index (Phi) is 5.25. The van der Waals surface area contributed by atoms with E-state index in [4.69, 9.17) is 23.8 Å². The molecule has 9 heteroatoms. The van der Waals surface area contributed by atoms with Gasteiger partial charge in [0.1, 0.15) is 6.54 Å². The van der Waals surface area contributed by atoms with Crippen LogP contribution in [0.15, 0.2) is 42.5 Å². The van der Waals surface area contributed by atoms with Gasteiger partial charge in [0.25, 0.3) is 0 Å². The maximum Gasteiger partial charge on any atom is 0.246 e. The van der Waals surface area contributed by atoms with E-state index in [0.29, 0.717) is 20.7 Å². The summed E-state index contributed by atoms with van der Waals surface area (Å²) in [5, 5.41) is 11.0. The Morgan fingerprint density at radius 2 is 2.07 bits per heavy atom. The summed E-state index contributed by atoms with van der Waals surface area (Å²) in [6.07, 6.45) is 0.960. The van der Waals surface area contributed by atoms with Crippen LogP contribution in [0.4, 0.5) is 5.13 Å².